The molecule has 138 valence electrons. The molecule has 0 atom stereocenters. The van der Waals surface area contributed by atoms with Crippen molar-refractivity contribution < 1.29 is 9.53 Å². The van der Waals surface area contributed by atoms with Crippen LogP contribution in [0, 0.1) is 13.8 Å². The minimum absolute atomic E-state index is 0.147. The van der Waals surface area contributed by atoms with Crippen LogP contribution in [0.5, 0.6) is 0 Å². The van der Waals surface area contributed by atoms with Crippen LogP contribution in [0.25, 0.3) is 0 Å². The maximum absolute atomic E-state index is 12.4. The summed E-state index contributed by atoms with van der Waals surface area (Å²) in [5, 5.41) is 6.25. The van der Waals surface area contributed by atoms with Gasteiger partial charge in [-0.15, -0.1) is 0 Å². The fourth-order valence-corrected chi connectivity index (χ4v) is 2.86. The molecule has 3 rings (SSSR count). The van der Waals surface area contributed by atoms with Gasteiger partial charge in [0, 0.05) is 38.1 Å². The molecule has 1 fully saturated rings. The number of hydrogen-bond acceptors (Lipinski definition) is 5. The molecule has 0 spiro atoms. The molecule has 0 unspecified atom stereocenters. The Morgan fingerprint density at radius 3 is 2.73 bits per heavy atom. The number of carbonyl (C=O) groups excluding carboxylic acids is 1. The van der Waals surface area contributed by atoms with Crippen LogP contribution >= 0.6 is 0 Å². The Kier molecular flexibility index (Phi) is 6.20. The van der Waals surface area contributed by atoms with Gasteiger partial charge in [0.1, 0.15) is 5.82 Å². The highest BCUT2D eigenvalue weighted by atomic mass is 16.5. The average molecular weight is 354 g/mol. The SMILES string of the molecule is Cc1ccc(C)c(NC(=O)c2ccc(NCCN3CCOCC3)nc2)c1. The molecule has 0 bridgehead atoms. The van der Waals surface area contributed by atoms with Crippen molar-refractivity contribution in [3.05, 3.63) is 53.2 Å². The number of nitrogens with one attached hydrogen (secondary N) is 2. The summed E-state index contributed by atoms with van der Waals surface area (Å²) in [5.74, 6) is 0.632. The van der Waals surface area contributed by atoms with Crippen molar-refractivity contribution in [1.82, 2.24) is 9.88 Å². The summed E-state index contributed by atoms with van der Waals surface area (Å²) in [5.41, 5.74) is 3.54. The lowest BCUT2D eigenvalue weighted by atomic mass is 10.1. The first-order valence-corrected chi connectivity index (χ1v) is 9.00. The van der Waals surface area contributed by atoms with E-state index in [1.807, 2.05) is 38.1 Å². The summed E-state index contributed by atoms with van der Waals surface area (Å²) in [6, 6.07) is 9.65. The zero-order valence-corrected chi connectivity index (χ0v) is 15.4. The number of amides is 1. The van der Waals surface area contributed by atoms with Crippen molar-refractivity contribution in [3.63, 3.8) is 0 Å². The summed E-state index contributed by atoms with van der Waals surface area (Å²) in [6.45, 7) is 9.34. The Labute approximate surface area is 154 Å². The van der Waals surface area contributed by atoms with Crippen molar-refractivity contribution >= 4 is 17.4 Å². The Morgan fingerprint density at radius 2 is 2.00 bits per heavy atom. The highest BCUT2D eigenvalue weighted by Crippen LogP contribution is 2.17. The molecule has 6 nitrogen and oxygen atoms in total. The molecule has 6 heteroatoms. The van der Waals surface area contributed by atoms with E-state index in [4.69, 9.17) is 4.74 Å². The molecule has 2 heterocycles. The third-order valence-electron chi connectivity index (χ3n) is 4.50. The van der Waals surface area contributed by atoms with Crippen LogP contribution in [0.15, 0.2) is 36.5 Å². The highest BCUT2D eigenvalue weighted by molar-refractivity contribution is 6.04. The zero-order valence-electron chi connectivity index (χ0n) is 15.4. The van der Waals surface area contributed by atoms with Gasteiger partial charge in [0.25, 0.3) is 5.91 Å². The van der Waals surface area contributed by atoms with E-state index in [0.717, 1.165) is 62.0 Å². The molecule has 1 aromatic heterocycles. The molecule has 1 saturated heterocycles. The summed E-state index contributed by atoms with van der Waals surface area (Å²) >= 11 is 0. The Hall–Kier alpha value is -2.44. The molecule has 0 saturated carbocycles. The van der Waals surface area contributed by atoms with Gasteiger partial charge in [0.05, 0.1) is 18.8 Å². The number of pyridine rings is 1. The smallest absolute Gasteiger partial charge is 0.257 e. The van der Waals surface area contributed by atoms with E-state index in [2.05, 4.69) is 20.5 Å². The first kappa shape index (κ1) is 18.4. The van der Waals surface area contributed by atoms with Crippen LogP contribution in [-0.4, -0.2) is 55.2 Å². The van der Waals surface area contributed by atoms with Crippen LogP contribution in [0.4, 0.5) is 11.5 Å². The number of aromatic nitrogens is 1. The number of carbonyl (C=O) groups is 1. The molecular formula is C20H26N4O2. The predicted molar refractivity (Wildman–Crippen MR) is 104 cm³/mol. The summed E-state index contributed by atoms with van der Waals surface area (Å²) < 4.78 is 5.34. The van der Waals surface area contributed by atoms with Gasteiger partial charge in [-0.3, -0.25) is 9.69 Å². The molecule has 26 heavy (non-hydrogen) atoms. The zero-order chi connectivity index (χ0) is 18.4. The van der Waals surface area contributed by atoms with Gasteiger partial charge in [-0.05, 0) is 43.2 Å². The van der Waals surface area contributed by atoms with Gasteiger partial charge < -0.3 is 15.4 Å². The minimum Gasteiger partial charge on any atom is -0.379 e. The third-order valence-corrected chi connectivity index (χ3v) is 4.50. The second kappa shape index (κ2) is 8.78. The molecule has 0 aliphatic carbocycles. The normalized spacial score (nSPS) is 14.8. The molecule has 1 aliphatic rings. The molecule has 0 radical (unpaired) electrons. The van der Waals surface area contributed by atoms with E-state index < -0.39 is 0 Å². The lowest BCUT2D eigenvalue weighted by Gasteiger charge is -2.26. The first-order valence-electron chi connectivity index (χ1n) is 9.00. The standard InChI is InChI=1S/C20H26N4O2/c1-15-3-4-16(2)18(13-15)23-20(25)17-5-6-19(22-14-17)21-7-8-24-9-11-26-12-10-24/h3-6,13-14H,7-12H2,1-2H3,(H,21,22)(H,23,25). The van der Waals surface area contributed by atoms with E-state index in [-0.39, 0.29) is 5.91 Å². The van der Waals surface area contributed by atoms with E-state index >= 15 is 0 Å². The predicted octanol–water partition coefficient (Wildman–Crippen LogP) is 2.69. The summed E-state index contributed by atoms with van der Waals surface area (Å²) in [4.78, 5) is 19.1. The van der Waals surface area contributed by atoms with Crippen molar-refractivity contribution in [2.45, 2.75) is 13.8 Å². The third kappa shape index (κ3) is 5.03. The van der Waals surface area contributed by atoms with Gasteiger partial charge in [0.15, 0.2) is 0 Å². The first-order chi connectivity index (χ1) is 12.6. The van der Waals surface area contributed by atoms with Crippen LogP contribution in [0.3, 0.4) is 0 Å². The number of nitrogens with zero attached hydrogens (tertiary/aromatic N) is 2. The monoisotopic (exact) mass is 354 g/mol. The van der Waals surface area contributed by atoms with Crippen LogP contribution in [0.2, 0.25) is 0 Å². The maximum atomic E-state index is 12.4. The fraction of sp³-hybridized carbons (Fsp3) is 0.400. The van der Waals surface area contributed by atoms with Crippen molar-refractivity contribution in [3.8, 4) is 0 Å². The Morgan fingerprint density at radius 1 is 1.19 bits per heavy atom. The van der Waals surface area contributed by atoms with Gasteiger partial charge in [0.2, 0.25) is 0 Å². The second-order valence-electron chi connectivity index (χ2n) is 6.59. The van der Waals surface area contributed by atoms with E-state index in [1.165, 1.54) is 0 Å². The molecule has 1 aromatic carbocycles. The Bertz CT molecular complexity index is 740. The topological polar surface area (TPSA) is 66.5 Å². The van der Waals surface area contributed by atoms with Crippen molar-refractivity contribution in [2.75, 3.05) is 50.0 Å². The van der Waals surface area contributed by atoms with Crippen LogP contribution in [0.1, 0.15) is 21.5 Å². The lowest BCUT2D eigenvalue weighted by molar-refractivity contribution is 0.0398. The maximum Gasteiger partial charge on any atom is 0.257 e. The van der Waals surface area contributed by atoms with Crippen molar-refractivity contribution in [1.29, 1.82) is 0 Å². The number of rotatable bonds is 6. The molecule has 1 aliphatic heterocycles. The number of morpholine rings is 1. The van der Waals surface area contributed by atoms with Gasteiger partial charge in [-0.2, -0.15) is 0 Å². The number of ether oxygens (including phenoxy) is 1. The number of anilines is 2. The molecular weight excluding hydrogens is 328 g/mol. The molecule has 2 N–H and O–H groups in total. The van der Waals surface area contributed by atoms with Gasteiger partial charge >= 0.3 is 0 Å². The average Bonchev–Trinajstić information content (AvgIpc) is 2.66. The van der Waals surface area contributed by atoms with Gasteiger partial charge in [-0.1, -0.05) is 12.1 Å². The highest BCUT2D eigenvalue weighted by Gasteiger charge is 2.10. The Balaban J connectivity index is 1.51. The quantitative estimate of drug-likeness (QED) is 0.835. The largest absolute Gasteiger partial charge is 0.379 e. The number of benzene rings is 1. The molecule has 1 amide bonds. The van der Waals surface area contributed by atoms with Gasteiger partial charge in [-0.25, -0.2) is 4.98 Å². The van der Waals surface area contributed by atoms with Crippen LogP contribution in [-0.2, 0) is 4.74 Å². The van der Waals surface area contributed by atoms with E-state index in [0.29, 0.717) is 5.56 Å². The second-order valence-corrected chi connectivity index (χ2v) is 6.59. The summed E-state index contributed by atoms with van der Waals surface area (Å²) in [7, 11) is 0. The summed E-state index contributed by atoms with van der Waals surface area (Å²) in [6.07, 6.45) is 1.61. The van der Waals surface area contributed by atoms with E-state index in [1.54, 1.807) is 12.3 Å². The minimum atomic E-state index is -0.147. The lowest BCUT2D eigenvalue weighted by Crippen LogP contribution is -2.39. The molecule has 2 aromatic rings. The van der Waals surface area contributed by atoms with Crippen LogP contribution < -0.4 is 10.6 Å². The number of hydrogen-bond donors (Lipinski definition) is 2. The fourth-order valence-electron chi connectivity index (χ4n) is 2.86. The number of aryl methyl sites for hydroxylation is 2. The van der Waals surface area contributed by atoms with E-state index in [9.17, 15) is 4.79 Å². The van der Waals surface area contributed by atoms with Crippen molar-refractivity contribution in [2.24, 2.45) is 0 Å².